The van der Waals surface area contributed by atoms with Gasteiger partial charge in [-0.05, 0) is 0 Å². The van der Waals surface area contributed by atoms with Gasteiger partial charge in [0.2, 0.25) is 0 Å². The number of benzene rings is 2. The predicted molar refractivity (Wildman–Crippen MR) is 57.2 cm³/mol. The van der Waals surface area contributed by atoms with Crippen molar-refractivity contribution in [2.24, 2.45) is 0 Å². The second kappa shape index (κ2) is 9.95. The zero-order chi connectivity index (χ0) is 9.52. The van der Waals surface area contributed by atoms with Gasteiger partial charge in [-0.3, -0.25) is 4.79 Å². The molecule has 2 aromatic carbocycles. The van der Waals surface area contributed by atoms with E-state index in [9.17, 15) is 0 Å². The third-order valence-electron chi connectivity index (χ3n) is 1.59. The quantitative estimate of drug-likeness (QED) is 0.380. The zero-order valence-corrected chi connectivity index (χ0v) is 11.1. The number of halogens is 1. The molecule has 15 heavy (non-hydrogen) atoms. The topological polar surface area (TPSA) is 37.3 Å². The van der Waals surface area contributed by atoms with Crippen LogP contribution < -0.4 is 17.0 Å². The number of hydrogen-bond acceptors (Lipinski definition) is 1. The smallest absolute Gasteiger partial charge is 1.00 e. The van der Waals surface area contributed by atoms with Gasteiger partial charge in [-0.15, -0.1) is 16.8 Å². The molecule has 0 spiro atoms. The Bertz CT molecular complexity index is 328. The van der Waals surface area contributed by atoms with E-state index in [2.05, 4.69) is 24.3 Å². The molecule has 0 aliphatic rings. The first-order valence-corrected chi connectivity index (χ1v) is 3.81. The number of rotatable bonds is 0. The average Bonchev–Trinajstić information content (AvgIpc) is 2.19. The molecular weight excluding hydrogens is 268 g/mol. The summed E-state index contributed by atoms with van der Waals surface area (Å²) in [5.41, 5.74) is 0. The van der Waals surface area contributed by atoms with E-state index in [4.69, 9.17) is 9.90 Å². The van der Waals surface area contributed by atoms with Crippen LogP contribution in [0.25, 0.3) is 10.8 Å². The molecule has 0 aliphatic carbocycles. The summed E-state index contributed by atoms with van der Waals surface area (Å²) in [7, 11) is 0. The molecule has 0 aromatic heterocycles. The molecule has 0 radical (unpaired) electrons. The maximum absolute atomic E-state index is 8.36. The van der Waals surface area contributed by atoms with Gasteiger partial charge < -0.3 is 22.1 Å². The second-order valence-corrected chi connectivity index (χ2v) is 2.38. The summed E-state index contributed by atoms with van der Waals surface area (Å²) in [4.78, 5) is 8.36. The first-order valence-electron chi connectivity index (χ1n) is 3.81. The molecule has 2 nitrogen and oxygen atoms in total. The van der Waals surface area contributed by atoms with Crippen molar-refractivity contribution in [1.82, 2.24) is 0 Å². The van der Waals surface area contributed by atoms with Crippen LogP contribution in [-0.4, -0.2) is 34.6 Å². The molecule has 0 bridgehead atoms. The Balaban J connectivity index is 0. The Labute approximate surface area is 115 Å². The van der Waals surface area contributed by atoms with Gasteiger partial charge >= 0.3 is 23.1 Å². The van der Waals surface area contributed by atoms with Crippen molar-refractivity contribution in [3.8, 4) is 0 Å². The van der Waals surface area contributed by atoms with Crippen molar-refractivity contribution < 1.29 is 26.9 Å². The van der Waals surface area contributed by atoms with Crippen molar-refractivity contribution in [2.75, 3.05) is 0 Å². The third-order valence-corrected chi connectivity index (χ3v) is 1.59. The summed E-state index contributed by atoms with van der Waals surface area (Å²) in [5.74, 6) is 0. The van der Waals surface area contributed by atoms with Gasteiger partial charge in [0.15, 0.2) is 0 Å². The fourth-order valence-electron chi connectivity index (χ4n) is 1.07. The van der Waals surface area contributed by atoms with Crippen LogP contribution in [-0.2, 0) is 4.79 Å². The maximum atomic E-state index is 8.36. The molecule has 0 atom stereocenters. The summed E-state index contributed by atoms with van der Waals surface area (Å²) in [6.07, 6.45) is 0. The van der Waals surface area contributed by atoms with E-state index in [1.807, 2.05) is 24.3 Å². The van der Waals surface area contributed by atoms with Crippen LogP contribution in [0.5, 0.6) is 0 Å². The normalized spacial score (nSPS) is 7.47. The second-order valence-electron chi connectivity index (χ2n) is 2.38. The number of fused-ring (bicyclic) bond motifs is 1. The standard InChI is InChI=1S/C10H7.CH2O2.BrH.Mg/c1-2-6-10-8-4-3-7-9(10)5-1;2-1-3;;/h1-3,5-8H;1H,(H,2,3);1H;/q-1;;;+2/p-1. The van der Waals surface area contributed by atoms with E-state index in [-0.39, 0.29) is 46.5 Å². The SMILES string of the molecule is O=CO.[Br-].[Mg+2].[c-]1ccc2ccccc2c1. The van der Waals surface area contributed by atoms with Gasteiger partial charge in [-0.25, -0.2) is 0 Å². The van der Waals surface area contributed by atoms with Crippen LogP contribution in [0.15, 0.2) is 42.5 Å². The summed E-state index contributed by atoms with van der Waals surface area (Å²) in [5, 5.41) is 9.42. The zero-order valence-electron chi connectivity index (χ0n) is 8.06. The van der Waals surface area contributed by atoms with Crippen LogP contribution in [0.3, 0.4) is 0 Å². The predicted octanol–water partition coefficient (Wildman–Crippen LogP) is -1.04. The molecule has 0 fully saturated rings. The van der Waals surface area contributed by atoms with Crippen molar-refractivity contribution in [3.63, 3.8) is 0 Å². The summed E-state index contributed by atoms with van der Waals surface area (Å²) in [6, 6.07) is 17.3. The van der Waals surface area contributed by atoms with E-state index < -0.39 is 0 Å². The van der Waals surface area contributed by atoms with Crippen molar-refractivity contribution >= 4 is 40.3 Å². The van der Waals surface area contributed by atoms with E-state index >= 15 is 0 Å². The molecule has 0 aliphatic heterocycles. The largest absolute Gasteiger partial charge is 2.00 e. The Hall–Kier alpha value is -0.584. The monoisotopic (exact) mass is 276 g/mol. The van der Waals surface area contributed by atoms with Gasteiger partial charge in [0.05, 0.1) is 0 Å². The van der Waals surface area contributed by atoms with Crippen molar-refractivity contribution in [1.29, 1.82) is 0 Å². The summed E-state index contributed by atoms with van der Waals surface area (Å²) >= 11 is 0. The van der Waals surface area contributed by atoms with Crippen LogP contribution in [0.4, 0.5) is 0 Å². The molecule has 2 rings (SSSR count). The molecule has 74 valence electrons. The first-order chi connectivity index (χ1) is 6.38. The van der Waals surface area contributed by atoms with Gasteiger partial charge in [0.1, 0.15) is 0 Å². The maximum Gasteiger partial charge on any atom is 2.00 e. The molecular formula is C11H9BrMgO2. The van der Waals surface area contributed by atoms with Crippen LogP contribution in [0, 0.1) is 6.07 Å². The van der Waals surface area contributed by atoms with Gasteiger partial charge in [0, 0.05) is 0 Å². The van der Waals surface area contributed by atoms with E-state index in [0.717, 1.165) is 0 Å². The fourth-order valence-corrected chi connectivity index (χ4v) is 1.07. The van der Waals surface area contributed by atoms with Gasteiger partial charge in [-0.2, -0.15) is 24.3 Å². The summed E-state index contributed by atoms with van der Waals surface area (Å²) < 4.78 is 0. The minimum atomic E-state index is -0.250. The molecule has 0 unspecified atom stereocenters. The van der Waals surface area contributed by atoms with E-state index in [0.29, 0.717) is 0 Å². The first kappa shape index (κ1) is 16.8. The number of carbonyl (C=O) groups is 1. The van der Waals surface area contributed by atoms with E-state index in [1.165, 1.54) is 10.8 Å². The Morgan fingerprint density at radius 2 is 1.67 bits per heavy atom. The Kier molecular flexibility index (Phi) is 11.2. The van der Waals surface area contributed by atoms with Crippen LogP contribution in [0.2, 0.25) is 0 Å². The molecule has 0 amide bonds. The minimum absolute atomic E-state index is 0. The number of hydrogen-bond donors (Lipinski definition) is 1. The Morgan fingerprint density at radius 1 is 1.13 bits per heavy atom. The Morgan fingerprint density at radius 3 is 2.20 bits per heavy atom. The number of carboxylic acid groups (broad SMARTS) is 1. The van der Waals surface area contributed by atoms with Crippen molar-refractivity contribution in [2.45, 2.75) is 0 Å². The fraction of sp³-hybridized carbons (Fsp3) is 0. The third kappa shape index (κ3) is 5.76. The van der Waals surface area contributed by atoms with Crippen LogP contribution >= 0.6 is 0 Å². The minimum Gasteiger partial charge on any atom is -1.00 e. The molecule has 4 heteroatoms. The van der Waals surface area contributed by atoms with Gasteiger partial charge in [-0.1, -0.05) is 18.2 Å². The molecule has 0 saturated carbocycles. The molecule has 1 N–H and O–H groups in total. The van der Waals surface area contributed by atoms with Crippen LogP contribution in [0.1, 0.15) is 0 Å². The molecule has 0 heterocycles. The average molecular weight is 277 g/mol. The van der Waals surface area contributed by atoms with Crippen molar-refractivity contribution in [3.05, 3.63) is 48.5 Å². The summed E-state index contributed by atoms with van der Waals surface area (Å²) in [6.45, 7) is -0.250. The molecule has 2 aromatic rings. The molecule has 0 saturated heterocycles. The van der Waals surface area contributed by atoms with Gasteiger partial charge in [0.25, 0.3) is 6.47 Å². The van der Waals surface area contributed by atoms with E-state index in [1.54, 1.807) is 0 Å².